The van der Waals surface area contributed by atoms with Crippen LogP contribution in [-0.4, -0.2) is 242 Å². The van der Waals surface area contributed by atoms with Crippen LogP contribution in [0.4, 0.5) is 0 Å². The third-order valence-corrected chi connectivity index (χ3v) is 10.8. The molecule has 59 heavy (non-hydrogen) atoms. The van der Waals surface area contributed by atoms with Gasteiger partial charge in [0.25, 0.3) is 0 Å². The Labute approximate surface area is 337 Å². The number of hydrogen-bond donors (Lipinski definition) is 15. The lowest BCUT2D eigenvalue weighted by molar-refractivity contribution is -0.466. The maximum atomic E-state index is 12.7. The van der Waals surface area contributed by atoms with Crippen LogP contribution in [0.3, 0.4) is 0 Å². The molecule has 0 aromatic heterocycles. The van der Waals surface area contributed by atoms with Crippen LogP contribution in [0, 0.1) is 11.8 Å². The number of rotatable bonds is 17. The first-order valence-corrected chi connectivity index (χ1v) is 19.0. The smallest absolute Gasteiger partial charge is 0.311 e. The number of nitrogens with one attached hydrogen (secondary N) is 3. The molecule has 4 aliphatic rings. The molecule has 25 heteroatoms. The van der Waals surface area contributed by atoms with E-state index in [1.807, 2.05) is 0 Å². The lowest BCUT2D eigenvalue weighted by Crippen LogP contribution is -2.71. The van der Waals surface area contributed by atoms with Crippen molar-refractivity contribution in [3.05, 3.63) is 0 Å². The molecule has 20 atom stereocenters. The molecule has 11 unspecified atom stereocenters. The zero-order valence-electron chi connectivity index (χ0n) is 32.6. The van der Waals surface area contributed by atoms with E-state index in [-0.39, 0.29) is 0 Å². The van der Waals surface area contributed by atoms with E-state index in [1.54, 1.807) is 0 Å². The summed E-state index contributed by atoms with van der Waals surface area (Å²) in [7, 11) is 0. The quantitative estimate of drug-likeness (QED) is 0.0604. The van der Waals surface area contributed by atoms with Crippen LogP contribution < -0.4 is 16.0 Å². The summed E-state index contributed by atoms with van der Waals surface area (Å²) in [5.74, 6) is -7.47. The minimum atomic E-state index is -3.22. The monoisotopic (exact) mass is 861 g/mol. The lowest BCUT2D eigenvalue weighted by atomic mass is 9.84. The van der Waals surface area contributed by atoms with Gasteiger partial charge in [0.05, 0.1) is 89.4 Å². The van der Waals surface area contributed by atoms with E-state index in [0.29, 0.717) is 0 Å². The van der Waals surface area contributed by atoms with Crippen LogP contribution in [0.2, 0.25) is 0 Å². The summed E-state index contributed by atoms with van der Waals surface area (Å²) in [5.41, 5.74) is 0. The molecule has 0 aromatic carbocycles. The molecule has 4 fully saturated rings. The van der Waals surface area contributed by atoms with Crippen LogP contribution in [0.15, 0.2) is 0 Å². The highest BCUT2D eigenvalue weighted by Crippen LogP contribution is 2.37. The van der Waals surface area contributed by atoms with Gasteiger partial charge in [-0.25, -0.2) is 0 Å². The fraction of sp³-hybridized carbons (Fsp3) is 0.912. The molecule has 4 saturated heterocycles. The molecular weight excluding hydrogens is 802 g/mol. The molecule has 0 radical (unpaired) electrons. The van der Waals surface area contributed by atoms with Crippen molar-refractivity contribution in [2.75, 3.05) is 52.9 Å². The standard InChI is InChI=1S/C34H59N3O22/c1-12(42)35-23-21(56-19(6-40)27(46)29(23)48)10-54-9-16-18(5-39)55-22(11-53-8-15-17(4-38)57-33(51)25(26(15)45)37-14(3)44)24(36-13(2)43)31(16)59-34(52)32(50)30(49)28(47)20(7-41)58-34/h15-33,38-41,45-52H,4-11H2,1-3H3,(H,35,42)(H,36,43)(H,37,44)/t15-,16-,17?,18?,19?,20-,21+,22+,23?,24?,25?,26?,27?,28+,29?,30+,31?,32-,33?,34+/m1/s1. The average Bonchev–Trinajstić information content (AvgIpc) is 3.18. The van der Waals surface area contributed by atoms with Crippen molar-refractivity contribution < 1.29 is 109 Å². The Morgan fingerprint density at radius 2 is 0.983 bits per heavy atom. The number of hydrogen-bond acceptors (Lipinski definition) is 22. The first-order chi connectivity index (χ1) is 27.8. The van der Waals surface area contributed by atoms with Gasteiger partial charge in [0.15, 0.2) is 12.4 Å². The molecule has 4 heterocycles. The fourth-order valence-electron chi connectivity index (χ4n) is 7.79. The maximum Gasteiger partial charge on any atom is 0.311 e. The van der Waals surface area contributed by atoms with Crippen molar-refractivity contribution in [1.82, 2.24) is 16.0 Å². The van der Waals surface area contributed by atoms with Crippen LogP contribution in [0.1, 0.15) is 20.8 Å². The number of carbonyl (C=O) groups is 3. The molecule has 0 aliphatic carbocycles. The highest BCUT2D eigenvalue weighted by atomic mass is 16.8. The van der Waals surface area contributed by atoms with Crippen molar-refractivity contribution in [2.24, 2.45) is 11.8 Å². The van der Waals surface area contributed by atoms with E-state index >= 15 is 0 Å². The van der Waals surface area contributed by atoms with Gasteiger partial charge in [0.2, 0.25) is 17.7 Å². The zero-order chi connectivity index (χ0) is 43.9. The van der Waals surface area contributed by atoms with Gasteiger partial charge in [0, 0.05) is 32.6 Å². The van der Waals surface area contributed by atoms with Crippen LogP contribution in [0.25, 0.3) is 0 Å². The van der Waals surface area contributed by atoms with E-state index in [1.165, 1.54) is 0 Å². The summed E-state index contributed by atoms with van der Waals surface area (Å²) in [6.07, 6.45) is -22.5. The van der Waals surface area contributed by atoms with Crippen molar-refractivity contribution in [3.8, 4) is 0 Å². The molecule has 0 bridgehead atoms. The van der Waals surface area contributed by atoms with E-state index in [9.17, 15) is 75.7 Å². The Hall–Kier alpha value is -2.35. The molecule has 0 spiro atoms. The predicted molar refractivity (Wildman–Crippen MR) is 189 cm³/mol. The second kappa shape index (κ2) is 21.6. The maximum absolute atomic E-state index is 12.7. The third kappa shape index (κ3) is 11.6. The Kier molecular flexibility index (Phi) is 18.1. The van der Waals surface area contributed by atoms with Crippen molar-refractivity contribution in [2.45, 2.75) is 131 Å². The minimum absolute atomic E-state index is 0.413. The van der Waals surface area contributed by atoms with Gasteiger partial charge in [0.1, 0.15) is 54.9 Å². The zero-order valence-corrected chi connectivity index (χ0v) is 32.6. The highest BCUT2D eigenvalue weighted by molar-refractivity contribution is 5.74. The Balaban J connectivity index is 1.64. The molecule has 342 valence electrons. The first-order valence-electron chi connectivity index (χ1n) is 19.0. The van der Waals surface area contributed by atoms with Gasteiger partial charge >= 0.3 is 5.97 Å². The van der Waals surface area contributed by atoms with Gasteiger partial charge in [-0.2, -0.15) is 0 Å². The van der Waals surface area contributed by atoms with Gasteiger partial charge in [-0.1, -0.05) is 0 Å². The molecule has 0 saturated carbocycles. The Bertz CT molecular complexity index is 1370. The summed E-state index contributed by atoms with van der Waals surface area (Å²) >= 11 is 0. The first kappa shape index (κ1) is 49.3. The SMILES string of the molecule is CC(=O)NC1C(O)OC(CO)[C@@H](COC[C@@H]2OC(CO)[C@@H](COC[C@@H]3OC(CO)C(O)C(O)C3NC(C)=O)C(O[C@@]3(O)O[C@H](CO)[C@H](O)[C@H](O)[C@H]3O)C2NC(C)=O)C1O. The molecule has 25 nitrogen and oxygen atoms in total. The number of aliphatic hydroxyl groups is 12. The number of amides is 3. The predicted octanol–water partition coefficient (Wildman–Crippen LogP) is -9.42. The van der Waals surface area contributed by atoms with Crippen molar-refractivity contribution in [1.29, 1.82) is 0 Å². The lowest BCUT2D eigenvalue weighted by Gasteiger charge is -2.51. The highest BCUT2D eigenvalue weighted by Gasteiger charge is 2.59. The molecule has 0 aromatic rings. The second-order valence-corrected chi connectivity index (χ2v) is 15.1. The summed E-state index contributed by atoms with van der Waals surface area (Å²) in [6.45, 7) is -1.66. The largest absolute Gasteiger partial charge is 0.394 e. The minimum Gasteiger partial charge on any atom is -0.394 e. The fourth-order valence-corrected chi connectivity index (χ4v) is 7.79. The number of ether oxygens (including phenoxy) is 7. The van der Waals surface area contributed by atoms with Crippen molar-refractivity contribution in [3.63, 3.8) is 0 Å². The van der Waals surface area contributed by atoms with Gasteiger partial charge in [-0.05, 0) is 0 Å². The summed E-state index contributed by atoms with van der Waals surface area (Å²) in [6, 6.07) is -3.98. The normalized spacial score (nSPS) is 44.1. The summed E-state index contributed by atoms with van der Waals surface area (Å²) in [5, 5.41) is 133. The molecule has 15 N–H and O–H groups in total. The van der Waals surface area contributed by atoms with Crippen LogP contribution in [0.5, 0.6) is 0 Å². The number of aliphatic hydroxyl groups excluding tert-OH is 11. The van der Waals surface area contributed by atoms with E-state index in [0.717, 1.165) is 20.8 Å². The molecule has 4 aliphatic heterocycles. The Morgan fingerprint density at radius 1 is 0.525 bits per heavy atom. The topological polar surface area (TPSA) is 395 Å². The third-order valence-electron chi connectivity index (χ3n) is 10.8. The Morgan fingerprint density at radius 3 is 1.53 bits per heavy atom. The average molecular weight is 862 g/mol. The van der Waals surface area contributed by atoms with E-state index in [2.05, 4.69) is 16.0 Å². The van der Waals surface area contributed by atoms with Gasteiger partial charge in [-0.3, -0.25) is 14.4 Å². The molecular formula is C34H59N3O22. The molecule has 3 amide bonds. The molecule has 4 rings (SSSR count). The summed E-state index contributed by atoms with van der Waals surface area (Å²) < 4.78 is 40.4. The van der Waals surface area contributed by atoms with E-state index in [4.69, 9.17) is 33.2 Å². The second-order valence-electron chi connectivity index (χ2n) is 15.1. The number of carbonyl (C=O) groups excluding carboxylic acids is 3. The van der Waals surface area contributed by atoms with Crippen molar-refractivity contribution >= 4 is 17.7 Å². The van der Waals surface area contributed by atoms with E-state index < -0.39 is 192 Å². The van der Waals surface area contributed by atoms with Crippen LogP contribution >= 0.6 is 0 Å². The summed E-state index contributed by atoms with van der Waals surface area (Å²) in [4.78, 5) is 36.4. The van der Waals surface area contributed by atoms with Crippen LogP contribution in [-0.2, 0) is 47.5 Å². The van der Waals surface area contributed by atoms with Gasteiger partial charge < -0.3 is 110 Å². The van der Waals surface area contributed by atoms with Gasteiger partial charge in [-0.15, -0.1) is 0 Å².